The van der Waals surface area contributed by atoms with Gasteiger partial charge in [-0.2, -0.15) is 9.78 Å². The van der Waals surface area contributed by atoms with E-state index >= 15 is 0 Å². The zero-order chi connectivity index (χ0) is 22.7. The van der Waals surface area contributed by atoms with Crippen molar-refractivity contribution in [3.8, 4) is 10.9 Å². The van der Waals surface area contributed by atoms with Crippen LogP contribution >= 0.6 is 22.9 Å². The third kappa shape index (κ3) is 4.79. The van der Waals surface area contributed by atoms with Gasteiger partial charge in [0.25, 0.3) is 5.91 Å². The van der Waals surface area contributed by atoms with Gasteiger partial charge in [-0.1, -0.05) is 54.8 Å². The zero-order valence-corrected chi connectivity index (χ0v) is 19.9. The monoisotopic (exact) mass is 468 g/mol. The van der Waals surface area contributed by atoms with Gasteiger partial charge in [-0.15, -0.1) is 0 Å². The molecule has 2 aromatic carbocycles. The fourth-order valence-corrected chi connectivity index (χ4v) is 4.66. The van der Waals surface area contributed by atoms with Crippen molar-refractivity contribution < 1.29 is 9.53 Å². The summed E-state index contributed by atoms with van der Waals surface area (Å²) in [7, 11) is 0. The fourth-order valence-electron chi connectivity index (χ4n) is 3.37. The molecule has 0 saturated heterocycles. The lowest BCUT2D eigenvalue weighted by molar-refractivity contribution is 0.102. The Morgan fingerprint density at radius 2 is 2.03 bits per heavy atom. The summed E-state index contributed by atoms with van der Waals surface area (Å²) in [5.41, 5.74) is 3.18. The third-order valence-electron chi connectivity index (χ3n) is 5.05. The number of nitrogens with zero attached hydrogens (tertiary/aromatic N) is 3. The number of hydrogen-bond acceptors (Lipinski definition) is 5. The smallest absolute Gasteiger partial charge is 0.256 e. The van der Waals surface area contributed by atoms with Gasteiger partial charge < -0.3 is 10.1 Å². The lowest BCUT2D eigenvalue weighted by atomic mass is 10.2. The second kappa shape index (κ2) is 9.71. The maximum Gasteiger partial charge on any atom is 0.256 e. The summed E-state index contributed by atoms with van der Waals surface area (Å²) < 4.78 is 8.34. The van der Waals surface area contributed by atoms with Crippen LogP contribution in [-0.2, 0) is 0 Å². The van der Waals surface area contributed by atoms with Crippen molar-refractivity contribution in [1.29, 1.82) is 0 Å². The number of aromatic nitrogens is 3. The van der Waals surface area contributed by atoms with E-state index in [4.69, 9.17) is 21.3 Å². The van der Waals surface area contributed by atoms with Crippen LogP contribution in [0.15, 0.2) is 42.5 Å². The van der Waals surface area contributed by atoms with Crippen molar-refractivity contribution in [2.75, 3.05) is 11.9 Å². The van der Waals surface area contributed by atoms with E-state index in [2.05, 4.69) is 17.3 Å². The molecule has 0 saturated carbocycles. The number of thiazole rings is 1. The molecule has 6 nitrogen and oxygen atoms in total. The maximum absolute atomic E-state index is 13.0. The van der Waals surface area contributed by atoms with Crippen molar-refractivity contribution in [1.82, 2.24) is 14.8 Å². The third-order valence-corrected chi connectivity index (χ3v) is 6.54. The van der Waals surface area contributed by atoms with Crippen LogP contribution in [0.4, 0.5) is 5.82 Å². The van der Waals surface area contributed by atoms with E-state index < -0.39 is 0 Å². The van der Waals surface area contributed by atoms with Crippen LogP contribution in [0.1, 0.15) is 47.8 Å². The normalized spacial score (nSPS) is 11.1. The number of benzene rings is 2. The standard InChI is InChI=1S/C24H25ClN4O2S/c1-4-5-6-12-31-18-9-7-8-17(14-18)23(30)26-20-13-16(3)28-29(20)24-27-21-15(2)10-11-19(25)22(21)32-24/h7-11,13-14H,4-6,12H2,1-3H3,(H,26,30). The van der Waals surface area contributed by atoms with E-state index in [0.29, 0.717) is 33.9 Å². The number of carbonyl (C=O) groups is 1. The van der Waals surface area contributed by atoms with E-state index in [0.717, 1.165) is 40.7 Å². The van der Waals surface area contributed by atoms with Crippen molar-refractivity contribution >= 4 is 44.9 Å². The molecule has 0 spiro atoms. The Bertz CT molecular complexity index is 1230. The zero-order valence-electron chi connectivity index (χ0n) is 18.3. The molecule has 0 unspecified atom stereocenters. The molecular weight excluding hydrogens is 444 g/mol. The topological polar surface area (TPSA) is 69.0 Å². The summed E-state index contributed by atoms with van der Waals surface area (Å²) in [4.78, 5) is 17.7. The van der Waals surface area contributed by atoms with Crippen molar-refractivity contribution in [3.63, 3.8) is 0 Å². The van der Waals surface area contributed by atoms with Crippen LogP contribution in [0.2, 0.25) is 5.02 Å². The summed E-state index contributed by atoms with van der Waals surface area (Å²) in [6.07, 6.45) is 3.26. The summed E-state index contributed by atoms with van der Waals surface area (Å²) in [5.74, 6) is 1.00. The Labute approximate surface area is 196 Å². The Kier molecular flexibility index (Phi) is 6.77. The highest BCUT2D eigenvalue weighted by molar-refractivity contribution is 7.21. The van der Waals surface area contributed by atoms with Crippen LogP contribution in [0.5, 0.6) is 5.75 Å². The van der Waals surface area contributed by atoms with Gasteiger partial charge in [0.2, 0.25) is 5.13 Å². The van der Waals surface area contributed by atoms with Crippen LogP contribution in [0.3, 0.4) is 0 Å². The van der Waals surface area contributed by atoms with E-state index in [1.165, 1.54) is 11.3 Å². The molecule has 8 heteroatoms. The van der Waals surface area contributed by atoms with Gasteiger partial charge in [0, 0.05) is 11.6 Å². The predicted molar refractivity (Wildman–Crippen MR) is 131 cm³/mol. The number of aryl methyl sites for hydroxylation is 2. The molecule has 0 radical (unpaired) electrons. The molecule has 0 aliphatic carbocycles. The van der Waals surface area contributed by atoms with Crippen LogP contribution < -0.4 is 10.1 Å². The molecule has 1 N–H and O–H groups in total. The number of halogens is 1. The summed E-state index contributed by atoms with van der Waals surface area (Å²) in [6, 6.07) is 12.9. The van der Waals surface area contributed by atoms with Crippen LogP contribution in [0, 0.1) is 13.8 Å². The highest BCUT2D eigenvalue weighted by Gasteiger charge is 2.17. The Balaban J connectivity index is 1.57. The van der Waals surface area contributed by atoms with Gasteiger partial charge in [0.1, 0.15) is 11.6 Å². The van der Waals surface area contributed by atoms with Crippen molar-refractivity contribution in [2.24, 2.45) is 0 Å². The van der Waals surface area contributed by atoms with Gasteiger partial charge in [-0.3, -0.25) is 4.79 Å². The number of unbranched alkanes of at least 4 members (excludes halogenated alkanes) is 2. The predicted octanol–water partition coefficient (Wildman–Crippen LogP) is 6.57. The Morgan fingerprint density at radius 3 is 2.81 bits per heavy atom. The average Bonchev–Trinajstić information content (AvgIpc) is 3.38. The van der Waals surface area contributed by atoms with Gasteiger partial charge in [-0.05, 0) is 50.1 Å². The lowest BCUT2D eigenvalue weighted by Gasteiger charge is -2.09. The number of amides is 1. The molecule has 2 aromatic heterocycles. The largest absolute Gasteiger partial charge is 0.494 e. The second-order valence-electron chi connectivity index (χ2n) is 7.66. The molecule has 4 aromatic rings. The first kappa shape index (κ1) is 22.3. The lowest BCUT2D eigenvalue weighted by Crippen LogP contribution is -2.15. The summed E-state index contributed by atoms with van der Waals surface area (Å²) in [5, 5.41) is 8.80. The minimum Gasteiger partial charge on any atom is -0.494 e. The molecule has 0 aliphatic heterocycles. The van der Waals surface area contributed by atoms with Gasteiger partial charge >= 0.3 is 0 Å². The molecule has 0 atom stereocenters. The quantitative estimate of drug-likeness (QED) is 0.297. The number of fused-ring (bicyclic) bond motifs is 1. The first-order valence-corrected chi connectivity index (χ1v) is 11.8. The van der Waals surface area contributed by atoms with Crippen LogP contribution in [-0.4, -0.2) is 27.3 Å². The molecule has 2 heterocycles. The maximum atomic E-state index is 13.0. The SMILES string of the molecule is CCCCCOc1cccc(C(=O)Nc2cc(C)nn2-c2nc3c(C)ccc(Cl)c3s2)c1. The molecule has 32 heavy (non-hydrogen) atoms. The highest BCUT2D eigenvalue weighted by Crippen LogP contribution is 2.34. The number of ether oxygens (including phenoxy) is 1. The van der Waals surface area contributed by atoms with E-state index in [9.17, 15) is 4.79 Å². The van der Waals surface area contributed by atoms with E-state index in [1.807, 2.05) is 44.2 Å². The second-order valence-corrected chi connectivity index (χ2v) is 9.04. The van der Waals surface area contributed by atoms with Crippen molar-refractivity contribution in [3.05, 3.63) is 64.3 Å². The molecular formula is C24H25ClN4O2S. The molecule has 4 rings (SSSR count). The van der Waals surface area contributed by atoms with Gasteiger partial charge in [0.05, 0.1) is 27.5 Å². The molecule has 0 fully saturated rings. The first-order valence-electron chi connectivity index (χ1n) is 10.6. The van der Waals surface area contributed by atoms with Gasteiger partial charge in [0.15, 0.2) is 0 Å². The molecule has 0 bridgehead atoms. The van der Waals surface area contributed by atoms with E-state index in [1.54, 1.807) is 16.8 Å². The first-order chi connectivity index (χ1) is 15.5. The number of hydrogen-bond donors (Lipinski definition) is 1. The minimum atomic E-state index is -0.236. The minimum absolute atomic E-state index is 0.236. The summed E-state index contributed by atoms with van der Waals surface area (Å²) in [6.45, 7) is 6.67. The number of anilines is 1. The number of rotatable bonds is 8. The van der Waals surface area contributed by atoms with E-state index in [-0.39, 0.29) is 5.91 Å². The van der Waals surface area contributed by atoms with Gasteiger partial charge in [-0.25, -0.2) is 4.98 Å². The molecule has 166 valence electrons. The van der Waals surface area contributed by atoms with Crippen LogP contribution in [0.25, 0.3) is 15.3 Å². The number of nitrogens with one attached hydrogen (secondary N) is 1. The van der Waals surface area contributed by atoms with Crippen molar-refractivity contribution in [2.45, 2.75) is 40.0 Å². The summed E-state index contributed by atoms with van der Waals surface area (Å²) >= 11 is 7.81. The molecule has 1 amide bonds. The average molecular weight is 469 g/mol. The highest BCUT2D eigenvalue weighted by atomic mass is 35.5. The number of carbonyl (C=O) groups excluding carboxylic acids is 1. The molecule has 0 aliphatic rings. The fraction of sp³-hybridized carbons (Fsp3) is 0.292. The Morgan fingerprint density at radius 1 is 1.19 bits per heavy atom. The Hall–Kier alpha value is -2.90.